The summed E-state index contributed by atoms with van der Waals surface area (Å²) < 4.78 is 5.31. The summed E-state index contributed by atoms with van der Waals surface area (Å²) in [7, 11) is 0. The van der Waals surface area contributed by atoms with E-state index in [0.29, 0.717) is 23.8 Å². The van der Waals surface area contributed by atoms with Crippen molar-refractivity contribution in [3.8, 4) is 27.8 Å². The average Bonchev–Trinajstić information content (AvgIpc) is 3.20. The van der Waals surface area contributed by atoms with Crippen LogP contribution in [-0.2, 0) is 4.74 Å². The molecule has 6 rings (SSSR count). The average molecular weight is 483 g/mol. The lowest BCUT2D eigenvalue weighted by molar-refractivity contribution is -0.174. The van der Waals surface area contributed by atoms with Crippen LogP contribution in [0.15, 0.2) is 42.5 Å². The third-order valence-corrected chi connectivity index (χ3v) is 7.54. The molecule has 8 nitrogen and oxygen atoms in total. The highest BCUT2D eigenvalue weighted by molar-refractivity contribution is 7.19. The van der Waals surface area contributed by atoms with E-state index in [2.05, 4.69) is 27.4 Å². The van der Waals surface area contributed by atoms with Crippen LogP contribution in [0, 0.1) is 30.6 Å². The minimum absolute atomic E-state index is 0.150. The van der Waals surface area contributed by atoms with Crippen LogP contribution in [0.25, 0.3) is 32.6 Å². The van der Waals surface area contributed by atoms with E-state index < -0.39 is 0 Å². The molecule has 0 aliphatic carbocycles. The second kappa shape index (κ2) is 8.12. The van der Waals surface area contributed by atoms with Crippen molar-refractivity contribution in [1.29, 1.82) is 5.26 Å². The lowest BCUT2D eigenvalue weighted by atomic mass is 9.78. The van der Waals surface area contributed by atoms with Crippen molar-refractivity contribution in [3.05, 3.63) is 59.5 Å². The molecule has 0 saturated carbocycles. The van der Waals surface area contributed by atoms with Crippen LogP contribution in [0.5, 0.6) is 0 Å². The predicted octanol–water partition coefficient (Wildman–Crippen LogP) is 4.77. The molecule has 0 radical (unpaired) electrons. The molecule has 174 valence electrons. The van der Waals surface area contributed by atoms with Crippen LogP contribution in [0.3, 0.4) is 0 Å². The number of likely N-dealkylation sites (tertiary alicyclic amines) is 1. The van der Waals surface area contributed by atoms with Gasteiger partial charge in [0.05, 0.1) is 46.3 Å². The summed E-state index contributed by atoms with van der Waals surface area (Å²) in [6.07, 6.45) is 0. The van der Waals surface area contributed by atoms with Crippen LogP contribution in [0.4, 0.5) is 9.93 Å². The molecule has 2 aromatic heterocycles. The lowest BCUT2D eigenvalue weighted by Crippen LogP contribution is -2.67. The summed E-state index contributed by atoms with van der Waals surface area (Å²) in [5.74, 6) is 0.737. The first-order valence-electron chi connectivity index (χ1n) is 11.3. The third kappa shape index (κ3) is 3.81. The smallest absolute Gasteiger partial charge is 0.323 e. The van der Waals surface area contributed by atoms with E-state index >= 15 is 0 Å². The highest BCUT2D eigenvalue weighted by Crippen LogP contribution is 2.41. The standard InChI is InChI=1S/C26H22N6O2S/c1-15-20-9-19(6-7-21(20)29-16(2)28-15)23-22(18-5-3-4-17(8-18)10-27)30-24(35-23)31-25(33)32-11-26(12-32)13-34-14-26/h3-9H,11-14H2,1-2H3,(H,30,31,33). The number of thiazole rings is 1. The number of hydrogen-bond donors (Lipinski definition) is 1. The van der Waals surface area contributed by atoms with Gasteiger partial charge < -0.3 is 9.64 Å². The third-order valence-electron chi connectivity index (χ3n) is 6.52. The Morgan fingerprint density at radius 1 is 1.11 bits per heavy atom. The number of carbonyl (C=O) groups excluding carboxylic acids is 1. The molecule has 2 aliphatic heterocycles. The van der Waals surface area contributed by atoms with Crippen LogP contribution in [0.1, 0.15) is 17.1 Å². The summed E-state index contributed by atoms with van der Waals surface area (Å²) in [6.45, 7) is 6.72. The van der Waals surface area contributed by atoms with Gasteiger partial charge in [-0.25, -0.2) is 19.7 Å². The number of nitrogens with one attached hydrogen (secondary N) is 1. The maximum atomic E-state index is 12.8. The normalized spacial score (nSPS) is 16.0. The molecule has 1 spiro atoms. The second-order valence-corrected chi connectivity index (χ2v) is 10.3. The first kappa shape index (κ1) is 21.6. The van der Waals surface area contributed by atoms with E-state index in [4.69, 9.17) is 9.72 Å². The summed E-state index contributed by atoms with van der Waals surface area (Å²) in [6, 6.07) is 15.5. The summed E-state index contributed by atoms with van der Waals surface area (Å²) >= 11 is 1.42. The van der Waals surface area contributed by atoms with Gasteiger partial charge in [0.25, 0.3) is 0 Å². The van der Waals surface area contributed by atoms with Gasteiger partial charge in [0, 0.05) is 29.7 Å². The number of anilines is 1. The molecular weight excluding hydrogens is 460 g/mol. The van der Waals surface area contributed by atoms with Crippen molar-refractivity contribution < 1.29 is 9.53 Å². The molecule has 2 aliphatic rings. The van der Waals surface area contributed by atoms with Crippen molar-refractivity contribution in [2.75, 3.05) is 31.6 Å². The van der Waals surface area contributed by atoms with Gasteiger partial charge in [0.2, 0.25) is 0 Å². The first-order chi connectivity index (χ1) is 16.9. The van der Waals surface area contributed by atoms with Crippen molar-refractivity contribution in [3.63, 3.8) is 0 Å². The van der Waals surface area contributed by atoms with Gasteiger partial charge in [0.1, 0.15) is 5.82 Å². The number of ether oxygens (including phenoxy) is 1. The molecule has 4 aromatic rings. The van der Waals surface area contributed by atoms with E-state index in [1.807, 2.05) is 44.2 Å². The number of benzene rings is 2. The van der Waals surface area contributed by atoms with Gasteiger partial charge in [-0.2, -0.15) is 5.26 Å². The van der Waals surface area contributed by atoms with Crippen molar-refractivity contribution >= 4 is 33.4 Å². The van der Waals surface area contributed by atoms with Crippen molar-refractivity contribution in [2.45, 2.75) is 13.8 Å². The number of nitrogens with zero attached hydrogens (tertiary/aromatic N) is 5. The molecule has 9 heteroatoms. The molecule has 0 unspecified atom stereocenters. The van der Waals surface area contributed by atoms with E-state index in [9.17, 15) is 10.1 Å². The van der Waals surface area contributed by atoms with E-state index in [-0.39, 0.29) is 11.4 Å². The molecule has 2 saturated heterocycles. The van der Waals surface area contributed by atoms with Gasteiger partial charge >= 0.3 is 6.03 Å². The zero-order valence-electron chi connectivity index (χ0n) is 19.3. The minimum atomic E-state index is -0.154. The van der Waals surface area contributed by atoms with E-state index in [1.165, 1.54) is 11.3 Å². The Bertz CT molecular complexity index is 1530. The fourth-order valence-electron chi connectivity index (χ4n) is 4.72. The van der Waals surface area contributed by atoms with Crippen LogP contribution in [-0.4, -0.2) is 52.2 Å². The highest BCUT2D eigenvalue weighted by Gasteiger charge is 2.50. The molecular formula is C26H22N6O2S. The first-order valence-corrected chi connectivity index (χ1v) is 12.2. The molecule has 35 heavy (non-hydrogen) atoms. The quantitative estimate of drug-likeness (QED) is 0.451. The van der Waals surface area contributed by atoms with Crippen LogP contribution >= 0.6 is 11.3 Å². The number of urea groups is 1. The summed E-state index contributed by atoms with van der Waals surface area (Å²) in [5, 5.41) is 13.9. The number of aromatic nitrogens is 3. The highest BCUT2D eigenvalue weighted by atomic mass is 32.1. The van der Waals surface area contributed by atoms with Crippen LogP contribution < -0.4 is 5.32 Å². The number of nitriles is 1. The molecule has 4 heterocycles. The van der Waals surface area contributed by atoms with E-state index in [1.54, 1.807) is 11.0 Å². The number of hydrogen-bond acceptors (Lipinski definition) is 7. The van der Waals surface area contributed by atoms with Crippen molar-refractivity contribution in [1.82, 2.24) is 19.9 Å². The second-order valence-electron chi connectivity index (χ2n) is 9.26. The minimum Gasteiger partial charge on any atom is -0.380 e. The SMILES string of the molecule is Cc1nc(C)c2cc(-c3sc(NC(=O)N4CC5(COC5)C4)nc3-c3cccc(C#N)c3)ccc2n1. The Morgan fingerprint density at radius 3 is 2.69 bits per heavy atom. The molecule has 2 aromatic carbocycles. The van der Waals surface area contributed by atoms with Gasteiger partial charge in [0.15, 0.2) is 5.13 Å². The summed E-state index contributed by atoms with van der Waals surface area (Å²) in [5.41, 5.74) is 5.00. The monoisotopic (exact) mass is 482 g/mol. The molecule has 2 fully saturated rings. The molecule has 0 bridgehead atoms. The lowest BCUT2D eigenvalue weighted by Gasteiger charge is -2.54. The van der Waals surface area contributed by atoms with E-state index in [0.717, 1.165) is 57.3 Å². The number of amides is 2. The maximum absolute atomic E-state index is 12.8. The number of carbonyl (C=O) groups is 1. The number of fused-ring (bicyclic) bond motifs is 1. The Hall–Kier alpha value is -3.87. The number of aryl methyl sites for hydroxylation is 2. The fraction of sp³-hybridized carbons (Fsp3) is 0.269. The Kier molecular flexibility index (Phi) is 5.02. The molecule has 0 atom stereocenters. The maximum Gasteiger partial charge on any atom is 0.323 e. The van der Waals surface area contributed by atoms with Gasteiger partial charge in [-0.3, -0.25) is 5.32 Å². The Labute approximate surface area is 206 Å². The fourth-order valence-corrected chi connectivity index (χ4v) is 5.69. The zero-order valence-corrected chi connectivity index (χ0v) is 20.1. The molecule has 2 amide bonds. The van der Waals surface area contributed by atoms with Crippen molar-refractivity contribution in [2.24, 2.45) is 5.41 Å². The van der Waals surface area contributed by atoms with Gasteiger partial charge in [-0.15, -0.1) is 0 Å². The Morgan fingerprint density at radius 2 is 1.94 bits per heavy atom. The largest absolute Gasteiger partial charge is 0.380 e. The Balaban J connectivity index is 1.39. The van der Waals surface area contributed by atoms with Gasteiger partial charge in [-0.05, 0) is 43.7 Å². The van der Waals surface area contributed by atoms with Gasteiger partial charge in [-0.1, -0.05) is 29.5 Å². The van der Waals surface area contributed by atoms with Crippen LogP contribution in [0.2, 0.25) is 0 Å². The zero-order chi connectivity index (χ0) is 24.2. The topological polar surface area (TPSA) is 104 Å². The predicted molar refractivity (Wildman–Crippen MR) is 134 cm³/mol. The molecule has 1 N–H and O–H groups in total. The summed E-state index contributed by atoms with van der Waals surface area (Å²) in [4.78, 5) is 29.4. The number of rotatable bonds is 3.